The van der Waals surface area contributed by atoms with E-state index in [1.54, 1.807) is 24.6 Å². The molecule has 0 saturated heterocycles. The van der Waals surface area contributed by atoms with E-state index in [0.717, 1.165) is 12.1 Å². The summed E-state index contributed by atoms with van der Waals surface area (Å²) in [5.41, 5.74) is -0.0904. The van der Waals surface area contributed by atoms with Gasteiger partial charge < -0.3 is 10.2 Å². The summed E-state index contributed by atoms with van der Waals surface area (Å²) in [6, 6.07) is 2.81. The summed E-state index contributed by atoms with van der Waals surface area (Å²) in [4.78, 5) is 41.2. The summed E-state index contributed by atoms with van der Waals surface area (Å²) in [6.45, 7) is 3.29. The van der Waals surface area contributed by atoms with Crippen LogP contribution in [0, 0.1) is 13.8 Å². The molecule has 0 spiro atoms. The molecule has 0 saturated carbocycles. The number of nitrogens with zero attached hydrogens (tertiary/aromatic N) is 2. The third-order valence-electron chi connectivity index (χ3n) is 3.18. The van der Waals surface area contributed by atoms with E-state index in [2.05, 4.69) is 15.3 Å². The molecule has 0 atom stereocenters. The van der Waals surface area contributed by atoms with Crippen LogP contribution in [0.1, 0.15) is 32.1 Å². The summed E-state index contributed by atoms with van der Waals surface area (Å²) >= 11 is 0. The predicted molar refractivity (Wildman–Crippen MR) is 91.2 cm³/mol. The van der Waals surface area contributed by atoms with E-state index in [4.69, 9.17) is 10.2 Å². The van der Waals surface area contributed by atoms with Gasteiger partial charge >= 0.3 is 18.0 Å². The number of anilines is 1. The van der Waals surface area contributed by atoms with Crippen molar-refractivity contribution in [3.05, 3.63) is 46.8 Å². The molecule has 0 fully saturated rings. The van der Waals surface area contributed by atoms with Gasteiger partial charge in [-0.2, -0.15) is 0 Å². The summed E-state index contributed by atoms with van der Waals surface area (Å²) in [7, 11) is -4.69. The number of benzene rings is 1. The number of urea groups is 1. The fourth-order valence-electron chi connectivity index (χ4n) is 2.14. The van der Waals surface area contributed by atoms with Crippen LogP contribution >= 0.6 is 0 Å². The molecule has 0 aliphatic carbocycles. The van der Waals surface area contributed by atoms with Crippen molar-refractivity contribution in [3.63, 3.8) is 0 Å². The molecule has 0 bridgehead atoms. The molecule has 2 aromatic rings. The fourth-order valence-corrected chi connectivity index (χ4v) is 3.27. The molecule has 0 aliphatic rings. The quantitative estimate of drug-likeness (QED) is 0.576. The van der Waals surface area contributed by atoms with Gasteiger partial charge in [-0.1, -0.05) is 0 Å². The van der Waals surface area contributed by atoms with Crippen molar-refractivity contribution in [3.8, 4) is 0 Å². The average molecular weight is 394 g/mol. The van der Waals surface area contributed by atoms with Gasteiger partial charge in [-0.15, -0.1) is 0 Å². The molecule has 11 nitrogen and oxygen atoms in total. The third kappa shape index (κ3) is 4.76. The monoisotopic (exact) mass is 394 g/mol. The number of sulfonamides is 1. The van der Waals surface area contributed by atoms with Gasteiger partial charge in [0.25, 0.3) is 10.0 Å². The maximum atomic E-state index is 12.4. The SMILES string of the molecule is Cc1cc(C)nc(NC(=O)NS(=O)(=O)c2cc(C(=O)O)ccc2C(=O)O)n1. The Hall–Kier alpha value is -3.54. The summed E-state index contributed by atoms with van der Waals surface area (Å²) < 4.78 is 26.4. The van der Waals surface area contributed by atoms with E-state index >= 15 is 0 Å². The van der Waals surface area contributed by atoms with Gasteiger partial charge in [0.1, 0.15) is 4.90 Å². The number of aromatic carboxylic acids is 2. The van der Waals surface area contributed by atoms with Crippen molar-refractivity contribution in [1.29, 1.82) is 0 Å². The predicted octanol–water partition coefficient (Wildman–Crippen LogP) is 1.00. The van der Waals surface area contributed by atoms with Crippen LogP contribution in [0.4, 0.5) is 10.7 Å². The second kappa shape index (κ2) is 7.37. The Bertz CT molecular complexity index is 1030. The second-order valence-corrected chi connectivity index (χ2v) is 7.01. The van der Waals surface area contributed by atoms with Crippen molar-refractivity contribution in [2.24, 2.45) is 0 Å². The first-order chi connectivity index (χ1) is 12.5. The number of carboxylic acids is 2. The zero-order valence-corrected chi connectivity index (χ0v) is 14.9. The van der Waals surface area contributed by atoms with Crippen LogP contribution in [0.25, 0.3) is 0 Å². The first kappa shape index (κ1) is 19.8. The van der Waals surface area contributed by atoms with Crippen molar-refractivity contribution in [2.45, 2.75) is 18.7 Å². The molecule has 0 radical (unpaired) electrons. The molecule has 4 N–H and O–H groups in total. The van der Waals surface area contributed by atoms with Crippen LogP contribution < -0.4 is 10.0 Å². The van der Waals surface area contributed by atoms with Gasteiger partial charge in [0.15, 0.2) is 0 Å². The van der Waals surface area contributed by atoms with Crippen molar-refractivity contribution >= 4 is 33.9 Å². The second-order valence-electron chi connectivity index (χ2n) is 5.36. The highest BCUT2D eigenvalue weighted by atomic mass is 32.2. The van der Waals surface area contributed by atoms with E-state index < -0.39 is 44.0 Å². The molecule has 2 rings (SSSR count). The van der Waals surface area contributed by atoms with Gasteiger partial charge in [-0.25, -0.2) is 37.5 Å². The van der Waals surface area contributed by atoms with E-state index in [9.17, 15) is 22.8 Å². The number of carbonyl (C=O) groups is 3. The van der Waals surface area contributed by atoms with Gasteiger partial charge in [0.2, 0.25) is 5.95 Å². The molecule has 2 amide bonds. The number of carbonyl (C=O) groups excluding carboxylic acids is 1. The zero-order chi connectivity index (χ0) is 20.4. The lowest BCUT2D eigenvalue weighted by Gasteiger charge is -2.11. The minimum Gasteiger partial charge on any atom is -0.478 e. The lowest BCUT2D eigenvalue weighted by atomic mass is 10.1. The lowest BCUT2D eigenvalue weighted by Crippen LogP contribution is -2.35. The van der Waals surface area contributed by atoms with Crippen LogP contribution in [0.2, 0.25) is 0 Å². The lowest BCUT2D eigenvalue weighted by molar-refractivity contribution is 0.0678. The molecule has 1 aromatic heterocycles. The molecule has 1 aromatic carbocycles. The van der Waals surface area contributed by atoms with Crippen molar-refractivity contribution in [2.75, 3.05) is 5.32 Å². The van der Waals surface area contributed by atoms with E-state index in [0.29, 0.717) is 17.5 Å². The highest BCUT2D eigenvalue weighted by Crippen LogP contribution is 2.18. The zero-order valence-electron chi connectivity index (χ0n) is 14.0. The summed E-state index contributed by atoms with van der Waals surface area (Å²) in [6.07, 6.45) is 0. The number of aromatic nitrogens is 2. The topological polar surface area (TPSA) is 176 Å². The van der Waals surface area contributed by atoms with E-state index in [-0.39, 0.29) is 5.95 Å². The highest BCUT2D eigenvalue weighted by Gasteiger charge is 2.26. The van der Waals surface area contributed by atoms with Crippen molar-refractivity contribution < 1.29 is 33.0 Å². The molecule has 12 heteroatoms. The van der Waals surface area contributed by atoms with Crippen LogP contribution in [0.15, 0.2) is 29.2 Å². The number of aryl methyl sites for hydroxylation is 2. The number of nitrogens with one attached hydrogen (secondary N) is 2. The Morgan fingerprint density at radius 1 is 0.963 bits per heavy atom. The Kier molecular flexibility index (Phi) is 5.40. The molecule has 142 valence electrons. The third-order valence-corrected chi connectivity index (χ3v) is 4.55. The van der Waals surface area contributed by atoms with Gasteiger partial charge in [0, 0.05) is 11.4 Å². The van der Waals surface area contributed by atoms with E-state index in [1.807, 2.05) is 0 Å². The first-order valence-corrected chi connectivity index (χ1v) is 8.74. The number of amides is 2. The van der Waals surface area contributed by atoms with E-state index in [1.165, 1.54) is 0 Å². The number of carboxylic acid groups (broad SMARTS) is 2. The number of hydrogen-bond donors (Lipinski definition) is 4. The largest absolute Gasteiger partial charge is 0.478 e. The highest BCUT2D eigenvalue weighted by molar-refractivity contribution is 7.90. The maximum absolute atomic E-state index is 12.4. The number of hydrogen-bond acceptors (Lipinski definition) is 7. The summed E-state index contributed by atoms with van der Waals surface area (Å²) in [5, 5.41) is 20.2. The normalized spacial score (nSPS) is 10.9. The molecular formula is C15H14N4O7S. The van der Waals surface area contributed by atoms with Crippen LogP contribution in [0.5, 0.6) is 0 Å². The molecule has 0 aliphatic heterocycles. The van der Waals surface area contributed by atoms with Crippen LogP contribution in [-0.4, -0.2) is 46.6 Å². The fraction of sp³-hybridized carbons (Fsp3) is 0.133. The Labute approximate surface area is 153 Å². The molecule has 27 heavy (non-hydrogen) atoms. The minimum atomic E-state index is -4.69. The standard InChI is InChI=1S/C15H14N4O7S/c1-7-5-8(2)17-14(16-7)18-15(24)19-27(25,26)11-6-9(12(20)21)3-4-10(11)13(22)23/h3-6H,1-2H3,(H,20,21)(H,22,23)(H2,16,17,18,19,24). The maximum Gasteiger partial charge on any atom is 0.337 e. The Morgan fingerprint density at radius 3 is 2.07 bits per heavy atom. The molecular weight excluding hydrogens is 380 g/mol. The van der Waals surface area contributed by atoms with Crippen LogP contribution in [-0.2, 0) is 10.0 Å². The van der Waals surface area contributed by atoms with Crippen LogP contribution in [0.3, 0.4) is 0 Å². The Balaban J connectivity index is 2.35. The summed E-state index contributed by atoms with van der Waals surface area (Å²) in [5.74, 6) is -3.22. The first-order valence-electron chi connectivity index (χ1n) is 7.26. The smallest absolute Gasteiger partial charge is 0.337 e. The van der Waals surface area contributed by atoms with Gasteiger partial charge in [-0.05, 0) is 38.1 Å². The van der Waals surface area contributed by atoms with Gasteiger partial charge in [-0.3, -0.25) is 5.32 Å². The Morgan fingerprint density at radius 2 is 1.56 bits per heavy atom. The number of rotatable bonds is 5. The molecule has 1 heterocycles. The minimum absolute atomic E-state index is 0.155. The average Bonchev–Trinajstić information content (AvgIpc) is 2.52. The van der Waals surface area contributed by atoms with Crippen molar-refractivity contribution in [1.82, 2.24) is 14.7 Å². The van der Waals surface area contributed by atoms with Gasteiger partial charge in [0.05, 0.1) is 11.1 Å². The molecule has 0 unspecified atom stereocenters.